The highest BCUT2D eigenvalue weighted by Crippen LogP contribution is 2.22. The second-order valence-electron chi connectivity index (χ2n) is 5.14. The van der Waals surface area contributed by atoms with Crippen LogP contribution in [0.1, 0.15) is 33.3 Å². The van der Waals surface area contributed by atoms with Gasteiger partial charge in [-0.2, -0.15) is 0 Å². The number of rotatable bonds is 5. The van der Waals surface area contributed by atoms with E-state index in [-0.39, 0.29) is 22.8 Å². The molecular formula is C17H18FN3O4. The Morgan fingerprint density at radius 3 is 2.68 bits per heavy atom. The number of hydrogen-bond donors (Lipinski definition) is 3. The average Bonchev–Trinajstić information content (AvgIpc) is 2.94. The molecule has 7 nitrogen and oxygen atoms in total. The van der Waals surface area contributed by atoms with Crippen molar-refractivity contribution in [2.45, 2.75) is 6.92 Å². The molecule has 25 heavy (non-hydrogen) atoms. The maximum atomic E-state index is 13.9. The SMILES string of the molecule is COC(=O)c1cc(/C=C(\C)NC(=O)c2c(F)cccc2OC)c(N)[nH]1. The van der Waals surface area contributed by atoms with Crippen LogP contribution in [0.15, 0.2) is 30.0 Å². The molecule has 1 heterocycles. The summed E-state index contributed by atoms with van der Waals surface area (Å²) in [4.78, 5) is 26.5. The van der Waals surface area contributed by atoms with E-state index in [1.807, 2.05) is 0 Å². The number of anilines is 1. The fourth-order valence-corrected chi connectivity index (χ4v) is 2.23. The van der Waals surface area contributed by atoms with E-state index in [0.717, 1.165) is 0 Å². The minimum absolute atomic E-state index is 0.124. The van der Waals surface area contributed by atoms with Crippen LogP contribution in [0.5, 0.6) is 5.75 Å². The van der Waals surface area contributed by atoms with E-state index in [1.165, 1.54) is 38.5 Å². The third kappa shape index (κ3) is 3.97. The highest BCUT2D eigenvalue weighted by Gasteiger charge is 2.18. The third-order valence-corrected chi connectivity index (χ3v) is 3.39. The minimum Gasteiger partial charge on any atom is -0.496 e. The van der Waals surface area contributed by atoms with Crippen molar-refractivity contribution < 1.29 is 23.5 Å². The van der Waals surface area contributed by atoms with Gasteiger partial charge in [-0.3, -0.25) is 4.79 Å². The summed E-state index contributed by atoms with van der Waals surface area (Å²) in [5.41, 5.74) is 6.66. The minimum atomic E-state index is -0.696. The van der Waals surface area contributed by atoms with Crippen LogP contribution < -0.4 is 15.8 Å². The lowest BCUT2D eigenvalue weighted by Gasteiger charge is -2.10. The number of nitrogens with two attached hydrogens (primary N) is 1. The summed E-state index contributed by atoms with van der Waals surface area (Å²) in [5.74, 6) is -1.56. The summed E-state index contributed by atoms with van der Waals surface area (Å²) in [7, 11) is 2.60. The molecule has 132 valence electrons. The Bertz CT molecular complexity index is 842. The van der Waals surface area contributed by atoms with E-state index < -0.39 is 17.7 Å². The Morgan fingerprint density at radius 2 is 2.04 bits per heavy atom. The van der Waals surface area contributed by atoms with Gasteiger partial charge in [-0.15, -0.1) is 0 Å². The van der Waals surface area contributed by atoms with E-state index >= 15 is 0 Å². The zero-order valence-corrected chi connectivity index (χ0v) is 14.0. The van der Waals surface area contributed by atoms with E-state index in [9.17, 15) is 14.0 Å². The van der Waals surface area contributed by atoms with E-state index in [4.69, 9.17) is 10.5 Å². The maximum absolute atomic E-state index is 13.9. The number of carbonyl (C=O) groups excluding carboxylic acids is 2. The molecule has 0 saturated heterocycles. The maximum Gasteiger partial charge on any atom is 0.354 e. The molecule has 0 atom stereocenters. The van der Waals surface area contributed by atoms with Crippen LogP contribution in [-0.2, 0) is 4.74 Å². The first kappa shape index (κ1) is 18.1. The third-order valence-electron chi connectivity index (χ3n) is 3.39. The second kappa shape index (κ2) is 7.52. The molecule has 2 aromatic rings. The predicted molar refractivity (Wildman–Crippen MR) is 90.6 cm³/mol. The normalized spacial score (nSPS) is 11.1. The number of H-pyrrole nitrogens is 1. The first-order chi connectivity index (χ1) is 11.9. The quantitative estimate of drug-likeness (QED) is 0.720. The molecule has 0 saturated carbocycles. The van der Waals surface area contributed by atoms with Gasteiger partial charge in [0.2, 0.25) is 0 Å². The van der Waals surface area contributed by atoms with Crippen molar-refractivity contribution in [2.24, 2.45) is 0 Å². The van der Waals surface area contributed by atoms with Crippen LogP contribution in [0.25, 0.3) is 6.08 Å². The summed E-state index contributed by atoms with van der Waals surface area (Å²) in [6.07, 6.45) is 1.55. The topological polar surface area (TPSA) is 106 Å². The summed E-state index contributed by atoms with van der Waals surface area (Å²) >= 11 is 0. The molecule has 2 rings (SSSR count). The smallest absolute Gasteiger partial charge is 0.354 e. The van der Waals surface area contributed by atoms with Crippen LogP contribution in [0.3, 0.4) is 0 Å². The zero-order chi connectivity index (χ0) is 18.6. The van der Waals surface area contributed by atoms with Crippen LogP contribution >= 0.6 is 0 Å². The Balaban J connectivity index is 2.24. The standard InChI is InChI=1S/C17H18FN3O4/c1-9(7-10-8-12(17(23)25-3)21-15(10)19)20-16(22)14-11(18)5-4-6-13(14)24-2/h4-8,21H,19H2,1-3H3,(H,20,22)/b9-7+. The molecule has 4 N–H and O–H groups in total. The number of ether oxygens (including phenoxy) is 2. The predicted octanol–water partition coefficient (Wildman–Crippen LogP) is 2.32. The van der Waals surface area contributed by atoms with Crippen molar-refractivity contribution in [1.82, 2.24) is 10.3 Å². The fraction of sp³-hybridized carbons (Fsp3) is 0.176. The van der Waals surface area contributed by atoms with Crippen LogP contribution in [-0.4, -0.2) is 31.1 Å². The number of nitrogens with one attached hydrogen (secondary N) is 2. The number of aromatic amines is 1. The molecule has 1 aromatic carbocycles. The van der Waals surface area contributed by atoms with Crippen LogP contribution in [0.4, 0.5) is 10.2 Å². The number of aromatic nitrogens is 1. The number of nitrogen functional groups attached to an aromatic ring is 1. The van der Waals surface area contributed by atoms with Gasteiger partial charge >= 0.3 is 5.97 Å². The molecule has 0 fully saturated rings. The van der Waals surface area contributed by atoms with Gasteiger partial charge in [0.05, 0.1) is 14.2 Å². The first-order valence-electron chi connectivity index (χ1n) is 7.26. The number of carbonyl (C=O) groups is 2. The lowest BCUT2D eigenvalue weighted by molar-refractivity contribution is 0.0594. The zero-order valence-electron chi connectivity index (χ0n) is 14.0. The highest BCUT2D eigenvalue weighted by molar-refractivity contribution is 5.98. The van der Waals surface area contributed by atoms with Crippen molar-refractivity contribution in [3.05, 3.63) is 52.6 Å². The van der Waals surface area contributed by atoms with Crippen molar-refractivity contribution in [3.8, 4) is 5.75 Å². The molecule has 0 aliphatic heterocycles. The molecule has 0 aliphatic rings. The number of esters is 1. The summed E-state index contributed by atoms with van der Waals surface area (Å²) in [6, 6.07) is 5.59. The largest absolute Gasteiger partial charge is 0.496 e. The second-order valence-corrected chi connectivity index (χ2v) is 5.14. The van der Waals surface area contributed by atoms with E-state index in [0.29, 0.717) is 11.3 Å². The Labute approximate surface area is 143 Å². The molecule has 0 unspecified atom stereocenters. The van der Waals surface area contributed by atoms with Gasteiger partial charge in [-0.25, -0.2) is 9.18 Å². The molecule has 0 radical (unpaired) electrons. The van der Waals surface area contributed by atoms with Crippen LogP contribution in [0, 0.1) is 5.82 Å². The highest BCUT2D eigenvalue weighted by atomic mass is 19.1. The lowest BCUT2D eigenvalue weighted by atomic mass is 10.1. The summed E-state index contributed by atoms with van der Waals surface area (Å²) in [5, 5.41) is 2.56. The van der Waals surface area contributed by atoms with Crippen molar-refractivity contribution >= 4 is 23.8 Å². The molecule has 0 bridgehead atoms. The van der Waals surface area contributed by atoms with Crippen molar-refractivity contribution in [2.75, 3.05) is 20.0 Å². The Morgan fingerprint density at radius 1 is 1.32 bits per heavy atom. The first-order valence-corrected chi connectivity index (χ1v) is 7.26. The monoisotopic (exact) mass is 347 g/mol. The molecule has 8 heteroatoms. The number of benzene rings is 1. The average molecular weight is 347 g/mol. The molecular weight excluding hydrogens is 329 g/mol. The molecule has 1 aromatic heterocycles. The number of amides is 1. The Kier molecular flexibility index (Phi) is 5.43. The molecule has 0 aliphatic carbocycles. The summed E-state index contributed by atoms with van der Waals surface area (Å²) < 4.78 is 23.5. The van der Waals surface area contributed by atoms with Gasteiger partial charge in [0, 0.05) is 11.3 Å². The molecule has 1 amide bonds. The fourth-order valence-electron chi connectivity index (χ4n) is 2.23. The van der Waals surface area contributed by atoms with Crippen molar-refractivity contribution in [1.29, 1.82) is 0 Å². The number of halogens is 1. The van der Waals surface area contributed by atoms with Gasteiger partial charge in [-0.05, 0) is 31.2 Å². The van der Waals surface area contributed by atoms with E-state index in [1.54, 1.807) is 13.0 Å². The van der Waals surface area contributed by atoms with Gasteiger partial charge in [0.15, 0.2) is 0 Å². The lowest BCUT2D eigenvalue weighted by Crippen LogP contribution is -2.23. The van der Waals surface area contributed by atoms with Gasteiger partial charge in [0.1, 0.15) is 28.6 Å². The van der Waals surface area contributed by atoms with Gasteiger partial charge < -0.3 is 25.5 Å². The van der Waals surface area contributed by atoms with Crippen LogP contribution in [0.2, 0.25) is 0 Å². The summed E-state index contributed by atoms with van der Waals surface area (Å²) in [6.45, 7) is 1.61. The number of hydrogen-bond acceptors (Lipinski definition) is 5. The van der Waals surface area contributed by atoms with Gasteiger partial charge in [-0.1, -0.05) is 6.07 Å². The Hall–Kier alpha value is -3.29. The van der Waals surface area contributed by atoms with Crippen molar-refractivity contribution in [3.63, 3.8) is 0 Å². The van der Waals surface area contributed by atoms with Gasteiger partial charge in [0.25, 0.3) is 5.91 Å². The number of allylic oxidation sites excluding steroid dienone is 1. The number of methoxy groups -OCH3 is 2. The van der Waals surface area contributed by atoms with E-state index in [2.05, 4.69) is 15.0 Å². The molecule has 0 spiro atoms.